The molecule has 0 amide bonds. The molecule has 120 valence electrons. The standard InChI is InChI=1S/C15H24O6/c1-11(2)14(19)21-15(3,4)20-13(18)10-8-6-5-7-9-12(16)17/h1,5-10H2,2-4H3,(H,16,17). The van der Waals surface area contributed by atoms with Gasteiger partial charge in [0.15, 0.2) is 0 Å². The molecule has 0 bridgehead atoms. The number of unbranched alkanes of at least 4 members (excludes halogenated alkanes) is 3. The summed E-state index contributed by atoms with van der Waals surface area (Å²) in [5.74, 6) is -3.19. The molecule has 0 rings (SSSR count). The lowest BCUT2D eigenvalue weighted by atomic mass is 10.1. The summed E-state index contributed by atoms with van der Waals surface area (Å²) in [7, 11) is 0. The minimum absolute atomic E-state index is 0.147. The Morgan fingerprint density at radius 2 is 1.52 bits per heavy atom. The highest BCUT2D eigenvalue weighted by atomic mass is 16.7. The van der Waals surface area contributed by atoms with E-state index in [1.165, 1.54) is 20.8 Å². The molecule has 0 saturated carbocycles. The number of carboxylic acids is 1. The van der Waals surface area contributed by atoms with Gasteiger partial charge in [-0.3, -0.25) is 9.59 Å². The smallest absolute Gasteiger partial charge is 0.336 e. The molecule has 0 saturated heterocycles. The molecule has 0 aliphatic rings. The van der Waals surface area contributed by atoms with Gasteiger partial charge in [0.1, 0.15) is 0 Å². The summed E-state index contributed by atoms with van der Waals surface area (Å²) in [6.07, 6.45) is 3.09. The molecule has 0 aliphatic heterocycles. The maximum Gasteiger partial charge on any atom is 0.336 e. The molecular weight excluding hydrogens is 276 g/mol. The Morgan fingerprint density at radius 3 is 2.00 bits per heavy atom. The van der Waals surface area contributed by atoms with E-state index in [0.717, 1.165) is 12.8 Å². The first kappa shape index (κ1) is 19.1. The highest BCUT2D eigenvalue weighted by Gasteiger charge is 2.27. The first-order chi connectivity index (χ1) is 9.64. The highest BCUT2D eigenvalue weighted by molar-refractivity contribution is 5.87. The number of ether oxygens (including phenoxy) is 2. The second-order valence-corrected chi connectivity index (χ2v) is 5.35. The molecule has 0 aliphatic carbocycles. The first-order valence-corrected chi connectivity index (χ1v) is 6.96. The van der Waals surface area contributed by atoms with Crippen molar-refractivity contribution in [3.63, 3.8) is 0 Å². The normalized spacial score (nSPS) is 10.8. The molecule has 1 N–H and O–H groups in total. The van der Waals surface area contributed by atoms with E-state index in [0.29, 0.717) is 12.8 Å². The number of aliphatic carboxylic acids is 1. The van der Waals surface area contributed by atoms with Crippen molar-refractivity contribution in [2.45, 2.75) is 65.1 Å². The lowest BCUT2D eigenvalue weighted by Gasteiger charge is -2.25. The molecule has 21 heavy (non-hydrogen) atoms. The number of hydrogen-bond acceptors (Lipinski definition) is 5. The van der Waals surface area contributed by atoms with Crippen LogP contribution in [-0.4, -0.2) is 28.8 Å². The van der Waals surface area contributed by atoms with Gasteiger partial charge in [0.25, 0.3) is 5.79 Å². The van der Waals surface area contributed by atoms with E-state index in [1.807, 2.05) is 0 Å². The van der Waals surface area contributed by atoms with Crippen molar-refractivity contribution in [3.05, 3.63) is 12.2 Å². The molecule has 0 spiro atoms. The molecule has 0 fully saturated rings. The summed E-state index contributed by atoms with van der Waals surface area (Å²) in [5, 5.41) is 8.48. The second-order valence-electron chi connectivity index (χ2n) is 5.35. The van der Waals surface area contributed by atoms with Gasteiger partial charge in [0.05, 0.1) is 0 Å². The van der Waals surface area contributed by atoms with Crippen LogP contribution < -0.4 is 0 Å². The Morgan fingerprint density at radius 1 is 1.00 bits per heavy atom. The van der Waals surface area contributed by atoms with Crippen molar-refractivity contribution >= 4 is 17.9 Å². The fourth-order valence-electron chi connectivity index (χ4n) is 1.56. The average molecular weight is 300 g/mol. The molecule has 0 aromatic carbocycles. The van der Waals surface area contributed by atoms with Gasteiger partial charge >= 0.3 is 17.9 Å². The number of carboxylic acid groups (broad SMARTS) is 1. The predicted molar refractivity (Wildman–Crippen MR) is 76.4 cm³/mol. The number of carbonyl (C=O) groups is 3. The maximum atomic E-state index is 11.6. The van der Waals surface area contributed by atoms with Gasteiger partial charge in [0, 0.05) is 32.3 Å². The van der Waals surface area contributed by atoms with Crippen LogP contribution in [0.3, 0.4) is 0 Å². The molecule has 6 heteroatoms. The summed E-state index contributed by atoms with van der Waals surface area (Å²) in [4.78, 5) is 33.3. The Hall–Kier alpha value is -1.85. The third kappa shape index (κ3) is 10.6. The van der Waals surface area contributed by atoms with Gasteiger partial charge in [-0.05, 0) is 19.8 Å². The zero-order chi connectivity index (χ0) is 16.5. The molecule has 0 radical (unpaired) electrons. The summed E-state index contributed by atoms with van der Waals surface area (Å²) in [6.45, 7) is 7.93. The summed E-state index contributed by atoms with van der Waals surface area (Å²) in [6, 6.07) is 0. The first-order valence-electron chi connectivity index (χ1n) is 6.96. The minimum Gasteiger partial charge on any atom is -0.481 e. The van der Waals surface area contributed by atoms with Crippen molar-refractivity contribution in [2.24, 2.45) is 0 Å². The molecular formula is C15H24O6. The van der Waals surface area contributed by atoms with Crippen molar-refractivity contribution in [2.75, 3.05) is 0 Å². The summed E-state index contributed by atoms with van der Waals surface area (Å²) >= 11 is 0. The third-order valence-electron chi connectivity index (χ3n) is 2.57. The molecule has 0 atom stereocenters. The van der Waals surface area contributed by atoms with Crippen molar-refractivity contribution < 1.29 is 29.0 Å². The van der Waals surface area contributed by atoms with Gasteiger partial charge < -0.3 is 14.6 Å². The number of rotatable bonds is 10. The second kappa shape index (κ2) is 9.15. The molecule has 6 nitrogen and oxygen atoms in total. The van der Waals surface area contributed by atoms with Gasteiger partial charge in [-0.2, -0.15) is 0 Å². The number of carbonyl (C=O) groups excluding carboxylic acids is 2. The van der Waals surface area contributed by atoms with Crippen LogP contribution in [0.2, 0.25) is 0 Å². The molecule has 0 heterocycles. The van der Waals surface area contributed by atoms with Gasteiger partial charge in [-0.25, -0.2) is 4.79 Å². The zero-order valence-electron chi connectivity index (χ0n) is 12.9. The monoisotopic (exact) mass is 300 g/mol. The van der Waals surface area contributed by atoms with Gasteiger partial charge in [0.2, 0.25) is 0 Å². The van der Waals surface area contributed by atoms with E-state index < -0.39 is 23.7 Å². The van der Waals surface area contributed by atoms with Crippen molar-refractivity contribution in [1.29, 1.82) is 0 Å². The Labute approximate surface area is 125 Å². The van der Waals surface area contributed by atoms with Crippen molar-refractivity contribution in [1.82, 2.24) is 0 Å². The lowest BCUT2D eigenvalue weighted by molar-refractivity contribution is -0.213. The number of esters is 2. The Kier molecular flexibility index (Phi) is 8.35. The van der Waals surface area contributed by atoms with Gasteiger partial charge in [-0.1, -0.05) is 19.4 Å². The summed E-state index contributed by atoms with van der Waals surface area (Å²) in [5.41, 5.74) is 0.234. The Balaban J connectivity index is 3.89. The quantitative estimate of drug-likeness (QED) is 0.289. The SMILES string of the molecule is C=C(C)C(=O)OC(C)(C)OC(=O)CCCCCCC(=O)O. The van der Waals surface area contributed by atoms with Crippen LogP contribution in [0, 0.1) is 0 Å². The number of hydrogen-bond donors (Lipinski definition) is 1. The van der Waals surface area contributed by atoms with Crippen LogP contribution in [-0.2, 0) is 23.9 Å². The van der Waals surface area contributed by atoms with Crippen LogP contribution in [0.15, 0.2) is 12.2 Å². The van der Waals surface area contributed by atoms with E-state index in [9.17, 15) is 14.4 Å². The van der Waals surface area contributed by atoms with Crippen molar-refractivity contribution in [3.8, 4) is 0 Å². The molecule has 0 aromatic rings. The average Bonchev–Trinajstić information content (AvgIpc) is 2.31. The van der Waals surface area contributed by atoms with Crippen LogP contribution in [0.5, 0.6) is 0 Å². The molecule has 0 unspecified atom stereocenters. The fraction of sp³-hybridized carbons (Fsp3) is 0.667. The van der Waals surface area contributed by atoms with E-state index >= 15 is 0 Å². The van der Waals surface area contributed by atoms with E-state index in [4.69, 9.17) is 14.6 Å². The van der Waals surface area contributed by atoms with Gasteiger partial charge in [-0.15, -0.1) is 0 Å². The third-order valence-corrected chi connectivity index (χ3v) is 2.57. The minimum atomic E-state index is -1.32. The van der Waals surface area contributed by atoms with Crippen LogP contribution in [0.1, 0.15) is 59.3 Å². The topological polar surface area (TPSA) is 89.9 Å². The van der Waals surface area contributed by atoms with Crippen LogP contribution >= 0.6 is 0 Å². The van der Waals surface area contributed by atoms with E-state index in [-0.39, 0.29) is 18.4 Å². The highest BCUT2D eigenvalue weighted by Crippen LogP contribution is 2.16. The van der Waals surface area contributed by atoms with E-state index in [2.05, 4.69) is 6.58 Å². The van der Waals surface area contributed by atoms with Crippen LogP contribution in [0.4, 0.5) is 0 Å². The van der Waals surface area contributed by atoms with E-state index in [1.54, 1.807) is 0 Å². The van der Waals surface area contributed by atoms with Crippen LogP contribution in [0.25, 0.3) is 0 Å². The zero-order valence-corrected chi connectivity index (χ0v) is 12.9. The summed E-state index contributed by atoms with van der Waals surface area (Å²) < 4.78 is 10.1. The largest absolute Gasteiger partial charge is 0.481 e. The fourth-order valence-corrected chi connectivity index (χ4v) is 1.56. The maximum absolute atomic E-state index is 11.6. The molecule has 0 aromatic heterocycles. The Bertz CT molecular complexity index is 397. The predicted octanol–water partition coefficient (Wildman–Crippen LogP) is 2.81. The lowest BCUT2D eigenvalue weighted by Crippen LogP contribution is -2.34.